The second-order valence-electron chi connectivity index (χ2n) is 3.41. The van der Waals surface area contributed by atoms with Gasteiger partial charge in [-0.25, -0.2) is 0 Å². The summed E-state index contributed by atoms with van der Waals surface area (Å²) in [5.41, 5.74) is 1.22. The zero-order chi connectivity index (χ0) is 11.4. The van der Waals surface area contributed by atoms with E-state index in [9.17, 15) is 0 Å². The number of benzene rings is 1. The van der Waals surface area contributed by atoms with E-state index in [1.165, 1.54) is 5.56 Å². The third kappa shape index (κ3) is 2.34. The first-order chi connectivity index (χ1) is 7.80. The summed E-state index contributed by atoms with van der Waals surface area (Å²) >= 11 is 3.76. The molecule has 1 aliphatic rings. The molecule has 1 aliphatic heterocycles. The summed E-state index contributed by atoms with van der Waals surface area (Å²) in [4.78, 5) is 0. The zero-order valence-electron chi connectivity index (χ0n) is 9.56. The van der Waals surface area contributed by atoms with Gasteiger partial charge in [-0.1, -0.05) is 12.1 Å². The van der Waals surface area contributed by atoms with Crippen molar-refractivity contribution in [3.63, 3.8) is 0 Å². The average molecular weight is 256 g/mol. The molecule has 1 saturated heterocycles. The Balaban J connectivity index is 2.24. The molecule has 1 heterocycles. The quantitative estimate of drug-likeness (QED) is 0.822. The molecule has 2 rings (SSSR count). The first kappa shape index (κ1) is 12.1. The number of thioether (sulfide) groups is 2. The lowest BCUT2D eigenvalue weighted by molar-refractivity contribution is 0.101. The van der Waals surface area contributed by atoms with Crippen LogP contribution in [-0.2, 0) is 9.00 Å². The van der Waals surface area contributed by atoms with Crippen LogP contribution in [0.4, 0.5) is 0 Å². The van der Waals surface area contributed by atoms with E-state index in [1.54, 1.807) is 7.11 Å². The van der Waals surface area contributed by atoms with E-state index < -0.39 is 0 Å². The van der Waals surface area contributed by atoms with Gasteiger partial charge in [-0.2, -0.15) is 0 Å². The Labute approximate surface area is 105 Å². The second kappa shape index (κ2) is 5.34. The van der Waals surface area contributed by atoms with E-state index in [-0.39, 0.29) is 4.27 Å². The summed E-state index contributed by atoms with van der Waals surface area (Å²) < 4.78 is 10.9. The number of hydrogen-bond donors (Lipinski definition) is 0. The molecule has 2 nitrogen and oxygen atoms in total. The van der Waals surface area contributed by atoms with Gasteiger partial charge in [0.25, 0.3) is 0 Å². The van der Waals surface area contributed by atoms with Crippen LogP contribution >= 0.6 is 23.5 Å². The van der Waals surface area contributed by atoms with Gasteiger partial charge >= 0.3 is 0 Å². The molecule has 0 N–H and O–H groups in total. The molecular formula is C12H16O2S2. The Bertz CT molecular complexity index is 331. The van der Waals surface area contributed by atoms with E-state index >= 15 is 0 Å². The second-order valence-corrected chi connectivity index (χ2v) is 6.22. The van der Waals surface area contributed by atoms with Crippen molar-refractivity contribution >= 4 is 23.5 Å². The van der Waals surface area contributed by atoms with Crippen molar-refractivity contribution in [2.24, 2.45) is 0 Å². The van der Waals surface area contributed by atoms with Crippen molar-refractivity contribution in [2.45, 2.75) is 11.2 Å². The van der Waals surface area contributed by atoms with E-state index in [2.05, 4.69) is 12.1 Å². The summed E-state index contributed by atoms with van der Waals surface area (Å²) in [6.45, 7) is 2.79. The van der Waals surface area contributed by atoms with Crippen molar-refractivity contribution in [1.82, 2.24) is 0 Å². The predicted molar refractivity (Wildman–Crippen MR) is 71.2 cm³/mol. The van der Waals surface area contributed by atoms with E-state index in [4.69, 9.17) is 9.47 Å². The van der Waals surface area contributed by atoms with Gasteiger partial charge in [-0.05, 0) is 19.1 Å². The summed E-state index contributed by atoms with van der Waals surface area (Å²) in [5.74, 6) is 3.19. The maximum Gasteiger partial charge on any atom is 0.186 e. The van der Waals surface area contributed by atoms with Crippen molar-refractivity contribution in [3.8, 4) is 5.75 Å². The molecule has 1 aromatic carbocycles. The number of hydrogen-bond acceptors (Lipinski definition) is 4. The lowest BCUT2D eigenvalue weighted by atomic mass is 10.2. The van der Waals surface area contributed by atoms with Crippen LogP contribution in [0.5, 0.6) is 5.75 Å². The molecular weight excluding hydrogens is 240 g/mol. The smallest absolute Gasteiger partial charge is 0.186 e. The van der Waals surface area contributed by atoms with Gasteiger partial charge in [0.05, 0.1) is 7.11 Å². The van der Waals surface area contributed by atoms with E-state index in [0.29, 0.717) is 0 Å². The molecule has 0 aromatic heterocycles. The molecule has 1 aromatic rings. The van der Waals surface area contributed by atoms with E-state index in [1.807, 2.05) is 42.6 Å². The number of methoxy groups -OCH3 is 1. The van der Waals surface area contributed by atoms with Crippen LogP contribution in [0, 0.1) is 0 Å². The molecule has 16 heavy (non-hydrogen) atoms. The van der Waals surface area contributed by atoms with Crippen molar-refractivity contribution in [3.05, 3.63) is 29.8 Å². The van der Waals surface area contributed by atoms with Gasteiger partial charge in [0.1, 0.15) is 5.75 Å². The lowest BCUT2D eigenvalue weighted by Crippen LogP contribution is -2.19. The SMILES string of the molecule is CCOC1(c2ccc(OC)cc2)SCCS1. The minimum atomic E-state index is -0.193. The van der Waals surface area contributed by atoms with Crippen molar-refractivity contribution < 1.29 is 9.47 Å². The fourth-order valence-electron chi connectivity index (χ4n) is 1.71. The molecule has 0 saturated carbocycles. The molecule has 1 fully saturated rings. The van der Waals surface area contributed by atoms with E-state index in [0.717, 1.165) is 23.9 Å². The largest absolute Gasteiger partial charge is 0.497 e. The third-order valence-electron chi connectivity index (χ3n) is 2.45. The maximum absolute atomic E-state index is 5.94. The van der Waals surface area contributed by atoms with Crippen molar-refractivity contribution in [2.75, 3.05) is 25.2 Å². The van der Waals surface area contributed by atoms with Crippen LogP contribution in [0.3, 0.4) is 0 Å². The Morgan fingerprint density at radius 1 is 1.19 bits per heavy atom. The van der Waals surface area contributed by atoms with Crippen molar-refractivity contribution in [1.29, 1.82) is 0 Å². The first-order valence-electron chi connectivity index (χ1n) is 5.37. The molecule has 88 valence electrons. The molecule has 0 amide bonds. The van der Waals surface area contributed by atoms with Gasteiger partial charge in [-0.3, -0.25) is 0 Å². The van der Waals surface area contributed by atoms with Crippen LogP contribution in [0.1, 0.15) is 12.5 Å². The summed E-state index contributed by atoms with van der Waals surface area (Å²) in [6, 6.07) is 8.19. The summed E-state index contributed by atoms with van der Waals surface area (Å²) in [7, 11) is 1.69. The highest BCUT2D eigenvalue weighted by Gasteiger charge is 2.38. The summed E-state index contributed by atoms with van der Waals surface area (Å²) in [6.07, 6.45) is 0. The van der Waals surface area contributed by atoms with Crippen LogP contribution in [0.2, 0.25) is 0 Å². The third-order valence-corrected chi connectivity index (χ3v) is 5.69. The number of ether oxygens (including phenoxy) is 2. The van der Waals surface area contributed by atoms with Crippen LogP contribution < -0.4 is 4.74 Å². The lowest BCUT2D eigenvalue weighted by Gasteiger charge is -2.27. The molecule has 0 atom stereocenters. The zero-order valence-corrected chi connectivity index (χ0v) is 11.2. The highest BCUT2D eigenvalue weighted by Crippen LogP contribution is 2.52. The Morgan fingerprint density at radius 2 is 1.81 bits per heavy atom. The molecule has 0 bridgehead atoms. The Kier molecular flexibility index (Phi) is 4.05. The average Bonchev–Trinajstić information content (AvgIpc) is 2.80. The van der Waals surface area contributed by atoms with Crippen LogP contribution in [-0.4, -0.2) is 25.2 Å². The molecule has 0 unspecified atom stereocenters. The van der Waals surface area contributed by atoms with Crippen LogP contribution in [0.25, 0.3) is 0 Å². The summed E-state index contributed by atoms with van der Waals surface area (Å²) in [5, 5.41) is 0. The standard InChI is InChI=1S/C12H16O2S2/c1-3-14-12(15-8-9-16-12)10-4-6-11(13-2)7-5-10/h4-7H,3,8-9H2,1-2H3. The monoisotopic (exact) mass is 256 g/mol. The molecule has 0 radical (unpaired) electrons. The predicted octanol–water partition coefficient (Wildman–Crippen LogP) is 3.32. The fraction of sp³-hybridized carbons (Fsp3) is 0.500. The van der Waals surface area contributed by atoms with Gasteiger partial charge in [0.15, 0.2) is 4.27 Å². The van der Waals surface area contributed by atoms with Gasteiger partial charge in [0.2, 0.25) is 0 Å². The van der Waals surface area contributed by atoms with Gasteiger partial charge in [-0.15, -0.1) is 23.5 Å². The Hall–Kier alpha value is -0.320. The highest BCUT2D eigenvalue weighted by molar-refractivity contribution is 8.20. The normalized spacial score (nSPS) is 18.6. The molecule has 4 heteroatoms. The molecule has 0 aliphatic carbocycles. The minimum Gasteiger partial charge on any atom is -0.497 e. The first-order valence-corrected chi connectivity index (χ1v) is 7.34. The van der Waals surface area contributed by atoms with Gasteiger partial charge < -0.3 is 9.47 Å². The highest BCUT2D eigenvalue weighted by atomic mass is 32.2. The van der Waals surface area contributed by atoms with Crippen LogP contribution in [0.15, 0.2) is 24.3 Å². The number of rotatable bonds is 4. The maximum atomic E-state index is 5.94. The topological polar surface area (TPSA) is 18.5 Å². The van der Waals surface area contributed by atoms with Gasteiger partial charge in [0, 0.05) is 23.7 Å². The Morgan fingerprint density at radius 3 is 2.31 bits per heavy atom. The molecule has 0 spiro atoms. The minimum absolute atomic E-state index is 0.193. The fourth-order valence-corrected chi connectivity index (χ4v) is 4.76.